The Morgan fingerprint density at radius 1 is 1.06 bits per heavy atom. The fourth-order valence-electron chi connectivity index (χ4n) is 4.97. The quantitative estimate of drug-likeness (QED) is 0.580. The lowest BCUT2D eigenvalue weighted by atomic mass is 10.0. The van der Waals surface area contributed by atoms with Gasteiger partial charge in [0.05, 0.1) is 6.54 Å². The van der Waals surface area contributed by atoms with Crippen LogP contribution >= 0.6 is 0 Å². The predicted octanol–water partition coefficient (Wildman–Crippen LogP) is 3.23. The Morgan fingerprint density at radius 2 is 1.85 bits per heavy atom. The summed E-state index contributed by atoms with van der Waals surface area (Å²) >= 11 is 0. The van der Waals surface area contributed by atoms with Crippen molar-refractivity contribution < 1.29 is 18.4 Å². The predicted molar refractivity (Wildman–Crippen MR) is 123 cm³/mol. The Morgan fingerprint density at radius 3 is 2.64 bits per heavy atom. The average Bonchev–Trinajstić information content (AvgIpc) is 3.19. The van der Waals surface area contributed by atoms with Crippen molar-refractivity contribution in [1.29, 1.82) is 0 Å². The molecule has 5 rings (SSSR count). The van der Waals surface area contributed by atoms with E-state index in [1.165, 1.54) is 17.7 Å². The normalized spacial score (nSPS) is 19.4. The number of para-hydroxylation sites is 1. The highest BCUT2D eigenvalue weighted by Crippen LogP contribution is 2.29. The number of aryl methyl sites for hydroxylation is 1. The van der Waals surface area contributed by atoms with E-state index in [9.17, 15) is 14.0 Å². The summed E-state index contributed by atoms with van der Waals surface area (Å²) < 4.78 is 19.2. The van der Waals surface area contributed by atoms with Crippen molar-refractivity contribution in [3.05, 3.63) is 71.2 Å². The second kappa shape index (κ2) is 8.98. The van der Waals surface area contributed by atoms with E-state index in [0.29, 0.717) is 32.6 Å². The van der Waals surface area contributed by atoms with Crippen LogP contribution in [-0.2, 0) is 29.0 Å². The van der Waals surface area contributed by atoms with E-state index < -0.39 is 6.04 Å². The molecule has 0 N–H and O–H groups in total. The maximum absolute atomic E-state index is 13.3. The number of piperazine rings is 2. The number of nitrogens with zero attached hydrogens (tertiary/aromatic N) is 3. The molecular formula is C26H28FN3O3. The molecule has 0 spiro atoms. The van der Waals surface area contributed by atoms with Crippen molar-refractivity contribution in [3.63, 3.8) is 0 Å². The highest BCUT2D eigenvalue weighted by atomic mass is 19.1. The zero-order valence-electron chi connectivity index (χ0n) is 18.8. The van der Waals surface area contributed by atoms with Gasteiger partial charge in [0.15, 0.2) is 0 Å². The number of benzene rings is 2. The molecule has 0 radical (unpaired) electrons. The summed E-state index contributed by atoms with van der Waals surface area (Å²) in [4.78, 5) is 31.7. The third-order valence-electron chi connectivity index (χ3n) is 6.78. The number of carbonyl (C=O) groups excluding carboxylic acids is 2. The molecule has 3 aromatic rings. The van der Waals surface area contributed by atoms with Gasteiger partial charge in [-0.05, 0) is 30.2 Å². The molecule has 172 valence electrons. The minimum Gasteiger partial charge on any atom is -0.461 e. The van der Waals surface area contributed by atoms with Crippen LogP contribution in [0.5, 0.6) is 0 Å². The highest BCUT2D eigenvalue weighted by Gasteiger charge is 2.42. The monoisotopic (exact) mass is 449 g/mol. The lowest BCUT2D eigenvalue weighted by Gasteiger charge is -2.46. The van der Waals surface area contributed by atoms with Crippen LogP contribution in [0, 0.1) is 5.82 Å². The second-order valence-corrected chi connectivity index (χ2v) is 8.83. The van der Waals surface area contributed by atoms with Crippen LogP contribution in [0.1, 0.15) is 23.8 Å². The zero-order valence-corrected chi connectivity index (χ0v) is 18.8. The van der Waals surface area contributed by atoms with Crippen LogP contribution < -0.4 is 0 Å². The molecule has 1 atom stereocenters. The van der Waals surface area contributed by atoms with Gasteiger partial charge in [0.1, 0.15) is 23.2 Å². The van der Waals surface area contributed by atoms with Crippen molar-refractivity contribution >= 4 is 22.8 Å². The Labute approximate surface area is 192 Å². The standard InChI is InChI=1S/C26H28FN3O3/c1-2-23-21(20-5-3-4-6-24(20)33-23)15-28-13-14-30-22(16-28)26(32)29(17-25(30)31)12-11-18-7-9-19(27)10-8-18/h3-10,22H,2,11-17H2,1H3. The van der Waals surface area contributed by atoms with Crippen LogP contribution in [0.3, 0.4) is 0 Å². The molecule has 2 aromatic carbocycles. The molecular weight excluding hydrogens is 421 g/mol. The topological polar surface area (TPSA) is 57.0 Å². The summed E-state index contributed by atoms with van der Waals surface area (Å²) in [5.41, 5.74) is 3.01. The molecule has 33 heavy (non-hydrogen) atoms. The minimum absolute atomic E-state index is 0.00126. The number of rotatable bonds is 6. The number of carbonyl (C=O) groups is 2. The number of hydrogen-bond acceptors (Lipinski definition) is 4. The molecule has 3 heterocycles. The molecule has 1 unspecified atom stereocenters. The molecule has 7 heteroatoms. The number of amides is 2. The first-order valence-electron chi connectivity index (χ1n) is 11.6. The Balaban J connectivity index is 1.29. The first kappa shape index (κ1) is 21.6. The minimum atomic E-state index is -0.462. The first-order chi connectivity index (χ1) is 16.0. The molecule has 1 aromatic heterocycles. The fraction of sp³-hybridized carbons (Fsp3) is 0.385. The summed E-state index contributed by atoms with van der Waals surface area (Å²) in [6, 6.07) is 13.9. The molecule has 0 saturated carbocycles. The fourth-order valence-corrected chi connectivity index (χ4v) is 4.97. The molecule has 2 amide bonds. The van der Waals surface area contributed by atoms with Gasteiger partial charge >= 0.3 is 0 Å². The van der Waals surface area contributed by atoms with Crippen LogP contribution in [-0.4, -0.2) is 65.3 Å². The van der Waals surface area contributed by atoms with E-state index in [-0.39, 0.29) is 24.2 Å². The van der Waals surface area contributed by atoms with E-state index in [1.54, 1.807) is 21.9 Å². The number of fused-ring (bicyclic) bond motifs is 2. The van der Waals surface area contributed by atoms with E-state index in [2.05, 4.69) is 17.9 Å². The lowest BCUT2D eigenvalue weighted by molar-refractivity contribution is -0.159. The molecule has 2 aliphatic rings. The maximum Gasteiger partial charge on any atom is 0.247 e. The summed E-state index contributed by atoms with van der Waals surface area (Å²) in [6.45, 7) is 5.14. The largest absolute Gasteiger partial charge is 0.461 e. The van der Waals surface area contributed by atoms with Crippen molar-refractivity contribution in [2.24, 2.45) is 0 Å². The van der Waals surface area contributed by atoms with Crippen molar-refractivity contribution in [3.8, 4) is 0 Å². The lowest BCUT2D eigenvalue weighted by Crippen LogP contribution is -2.66. The van der Waals surface area contributed by atoms with Gasteiger partial charge in [0, 0.05) is 50.1 Å². The summed E-state index contributed by atoms with van der Waals surface area (Å²) in [7, 11) is 0. The summed E-state index contributed by atoms with van der Waals surface area (Å²) in [5, 5.41) is 1.11. The third-order valence-corrected chi connectivity index (χ3v) is 6.78. The highest BCUT2D eigenvalue weighted by molar-refractivity contribution is 5.95. The summed E-state index contributed by atoms with van der Waals surface area (Å²) in [6.07, 6.45) is 1.40. The number of hydrogen-bond donors (Lipinski definition) is 0. The van der Waals surface area contributed by atoms with Gasteiger partial charge in [-0.2, -0.15) is 0 Å². The Hall–Kier alpha value is -3.19. The first-order valence-corrected chi connectivity index (χ1v) is 11.6. The van der Waals surface area contributed by atoms with E-state index in [0.717, 1.165) is 35.3 Å². The van der Waals surface area contributed by atoms with E-state index in [1.807, 2.05) is 18.2 Å². The number of furan rings is 1. The van der Waals surface area contributed by atoms with Gasteiger partial charge in [-0.15, -0.1) is 0 Å². The Bertz CT molecular complexity index is 1170. The molecule has 0 aliphatic carbocycles. The van der Waals surface area contributed by atoms with Crippen LogP contribution in [0.15, 0.2) is 52.9 Å². The molecule has 2 saturated heterocycles. The van der Waals surface area contributed by atoms with E-state index >= 15 is 0 Å². The molecule has 0 bridgehead atoms. The van der Waals surface area contributed by atoms with Crippen molar-refractivity contribution in [2.45, 2.75) is 32.4 Å². The van der Waals surface area contributed by atoms with Gasteiger partial charge < -0.3 is 14.2 Å². The zero-order chi connectivity index (χ0) is 22.9. The third kappa shape index (κ3) is 4.25. The Kier molecular flexibility index (Phi) is 5.89. The smallest absolute Gasteiger partial charge is 0.247 e. The maximum atomic E-state index is 13.3. The second-order valence-electron chi connectivity index (χ2n) is 8.83. The molecule has 2 aliphatic heterocycles. The molecule has 6 nitrogen and oxygen atoms in total. The van der Waals surface area contributed by atoms with Crippen LogP contribution in [0.4, 0.5) is 4.39 Å². The molecule has 2 fully saturated rings. The van der Waals surface area contributed by atoms with Gasteiger partial charge in [-0.3, -0.25) is 14.5 Å². The number of halogens is 1. The van der Waals surface area contributed by atoms with Gasteiger partial charge in [-0.1, -0.05) is 37.3 Å². The SMILES string of the molecule is CCc1oc2ccccc2c1CN1CCN2C(=O)CN(CCc3ccc(F)cc3)C(=O)C2C1. The van der Waals surface area contributed by atoms with Crippen molar-refractivity contribution in [1.82, 2.24) is 14.7 Å². The van der Waals surface area contributed by atoms with Crippen molar-refractivity contribution in [2.75, 3.05) is 32.7 Å². The van der Waals surface area contributed by atoms with Gasteiger partial charge in [0.25, 0.3) is 0 Å². The van der Waals surface area contributed by atoms with Gasteiger partial charge in [-0.25, -0.2) is 4.39 Å². The van der Waals surface area contributed by atoms with Crippen LogP contribution in [0.2, 0.25) is 0 Å². The van der Waals surface area contributed by atoms with Crippen LogP contribution in [0.25, 0.3) is 11.0 Å². The van der Waals surface area contributed by atoms with Gasteiger partial charge in [0.2, 0.25) is 11.8 Å². The van der Waals surface area contributed by atoms with E-state index in [4.69, 9.17) is 4.42 Å². The average molecular weight is 450 g/mol. The summed E-state index contributed by atoms with van der Waals surface area (Å²) in [5.74, 6) is 0.693.